The number of carbonyl (C=O) groups is 4. The van der Waals surface area contributed by atoms with Crippen molar-refractivity contribution >= 4 is 35.5 Å². The van der Waals surface area contributed by atoms with Crippen LogP contribution < -0.4 is 10.6 Å². The normalized spacial score (nSPS) is 12.3. The predicted molar refractivity (Wildman–Crippen MR) is 140 cm³/mol. The number of unbranched alkanes of at least 4 members (excludes halogenated alkanes) is 6. The summed E-state index contributed by atoms with van der Waals surface area (Å²) in [5.74, 6) is -1.62. The van der Waals surface area contributed by atoms with E-state index in [1.165, 1.54) is 45.6 Å². The average molecular weight is 525 g/mol. The summed E-state index contributed by atoms with van der Waals surface area (Å²) in [6.45, 7) is 2.17. The van der Waals surface area contributed by atoms with Crippen molar-refractivity contribution in [2.45, 2.75) is 76.8 Å². The molecule has 0 spiro atoms. The molecule has 9 nitrogen and oxygen atoms in total. The van der Waals surface area contributed by atoms with Crippen LogP contribution in [0.4, 0.5) is 0 Å². The van der Waals surface area contributed by atoms with E-state index in [2.05, 4.69) is 22.3 Å². The largest absolute Gasteiger partial charge is 0.508 e. The Labute approximate surface area is 218 Å². The molecule has 0 bridgehead atoms. The number of phenolic OH excluding ortho intramolecular Hbond substituents is 1. The zero-order valence-corrected chi connectivity index (χ0v) is 22.4. The molecule has 1 aromatic carbocycles. The summed E-state index contributed by atoms with van der Waals surface area (Å²) in [6, 6.07) is 4.34. The lowest BCUT2D eigenvalue weighted by atomic mass is 10.1. The highest BCUT2D eigenvalue weighted by atomic mass is 32.2. The van der Waals surface area contributed by atoms with Gasteiger partial charge in [-0.25, -0.2) is 4.79 Å². The van der Waals surface area contributed by atoms with Gasteiger partial charge in [0.1, 0.15) is 17.8 Å². The molecule has 3 N–H and O–H groups in total. The lowest BCUT2D eigenvalue weighted by molar-refractivity contribution is -0.145. The van der Waals surface area contributed by atoms with Crippen LogP contribution in [0.15, 0.2) is 24.3 Å². The van der Waals surface area contributed by atoms with Crippen LogP contribution in [-0.2, 0) is 35.1 Å². The first-order chi connectivity index (χ1) is 17.3. The van der Waals surface area contributed by atoms with E-state index in [-0.39, 0.29) is 29.6 Å². The number of ether oxygens (including phenoxy) is 2. The minimum Gasteiger partial charge on any atom is -0.508 e. The molecule has 2 atom stereocenters. The number of rotatable bonds is 18. The van der Waals surface area contributed by atoms with Gasteiger partial charge in [-0.05, 0) is 24.1 Å². The second-order valence-electron chi connectivity index (χ2n) is 8.54. The predicted octanol–water partition coefficient (Wildman–Crippen LogP) is 3.12. The summed E-state index contributed by atoms with van der Waals surface area (Å²) in [7, 11) is 2.51. The first-order valence-corrected chi connectivity index (χ1v) is 13.6. The highest BCUT2D eigenvalue weighted by molar-refractivity contribution is 8.00. The molecule has 202 valence electrons. The first-order valence-electron chi connectivity index (χ1n) is 12.4. The molecule has 36 heavy (non-hydrogen) atoms. The van der Waals surface area contributed by atoms with E-state index >= 15 is 0 Å². The molecule has 0 unspecified atom stereocenters. The van der Waals surface area contributed by atoms with Gasteiger partial charge in [0, 0.05) is 18.6 Å². The molecule has 0 aliphatic rings. The second-order valence-corrected chi connectivity index (χ2v) is 9.57. The number of nitrogens with one attached hydrogen (secondary N) is 2. The van der Waals surface area contributed by atoms with E-state index in [1.807, 2.05) is 0 Å². The van der Waals surface area contributed by atoms with Crippen molar-refractivity contribution in [3.05, 3.63) is 29.8 Å². The maximum Gasteiger partial charge on any atom is 0.328 e. The molecule has 0 aliphatic carbocycles. The molecule has 0 radical (unpaired) electrons. The molecule has 0 aliphatic heterocycles. The van der Waals surface area contributed by atoms with E-state index < -0.39 is 29.9 Å². The lowest BCUT2D eigenvalue weighted by Gasteiger charge is -2.22. The maximum absolute atomic E-state index is 13.1. The minimum atomic E-state index is -0.986. The second kappa shape index (κ2) is 18.5. The molecule has 2 amide bonds. The highest BCUT2D eigenvalue weighted by Crippen LogP contribution is 2.13. The molecule has 0 saturated carbocycles. The summed E-state index contributed by atoms with van der Waals surface area (Å²) in [5, 5.41) is 14.9. The number of carbonyl (C=O) groups excluding carboxylic acids is 4. The van der Waals surface area contributed by atoms with Gasteiger partial charge in [0.05, 0.1) is 20.0 Å². The standard InChI is InChI=1S/C26H40N2O7S/c1-4-5-6-7-8-9-10-11-23(30)27-22(17-36-18-24(31)34-2)25(32)28-21(26(33)35-3)16-19-12-14-20(29)15-13-19/h12-15,21-22,29H,4-11,16-18H2,1-3H3,(H,27,30)(H,28,32)/t21-,22-/m0/s1. The Kier molecular flexibility index (Phi) is 16.1. The van der Waals surface area contributed by atoms with Crippen molar-refractivity contribution in [3.8, 4) is 5.75 Å². The number of hydrogen-bond acceptors (Lipinski definition) is 8. The Balaban J connectivity index is 2.74. The SMILES string of the molecule is CCCCCCCCCC(=O)N[C@@H](CSCC(=O)OC)C(=O)N[C@@H](Cc1ccc(O)cc1)C(=O)OC. The molecule has 1 rings (SSSR count). The molecule has 0 fully saturated rings. The van der Waals surface area contributed by atoms with Gasteiger partial charge < -0.3 is 25.2 Å². The van der Waals surface area contributed by atoms with Crippen molar-refractivity contribution in [1.29, 1.82) is 0 Å². The summed E-state index contributed by atoms with van der Waals surface area (Å²) in [5.41, 5.74) is 0.711. The van der Waals surface area contributed by atoms with Gasteiger partial charge >= 0.3 is 11.9 Å². The van der Waals surface area contributed by atoms with E-state index in [0.29, 0.717) is 12.0 Å². The fraction of sp³-hybridized carbons (Fsp3) is 0.615. The number of aromatic hydroxyl groups is 1. The fourth-order valence-electron chi connectivity index (χ4n) is 3.49. The van der Waals surface area contributed by atoms with Gasteiger partial charge in [-0.1, -0.05) is 57.6 Å². The number of benzene rings is 1. The van der Waals surface area contributed by atoms with Crippen LogP contribution in [0.5, 0.6) is 5.75 Å². The Morgan fingerprint density at radius 2 is 1.53 bits per heavy atom. The number of methoxy groups -OCH3 is 2. The summed E-state index contributed by atoms with van der Waals surface area (Å²) in [6.07, 6.45) is 7.96. The average Bonchev–Trinajstić information content (AvgIpc) is 2.87. The molecule has 1 aromatic rings. The zero-order valence-electron chi connectivity index (χ0n) is 21.5. The van der Waals surface area contributed by atoms with Gasteiger partial charge in [-0.3, -0.25) is 14.4 Å². The third-order valence-electron chi connectivity index (χ3n) is 5.57. The molecule has 10 heteroatoms. The van der Waals surface area contributed by atoms with Crippen LogP contribution in [0.25, 0.3) is 0 Å². The number of esters is 2. The molecular weight excluding hydrogens is 484 g/mol. The van der Waals surface area contributed by atoms with Crippen LogP contribution in [0, 0.1) is 0 Å². The van der Waals surface area contributed by atoms with Crippen molar-refractivity contribution < 1.29 is 33.8 Å². The zero-order chi connectivity index (χ0) is 26.8. The maximum atomic E-state index is 13.1. The summed E-state index contributed by atoms with van der Waals surface area (Å²) >= 11 is 1.16. The fourth-order valence-corrected chi connectivity index (χ4v) is 4.36. The van der Waals surface area contributed by atoms with Crippen LogP contribution in [0.3, 0.4) is 0 Å². The number of hydrogen-bond donors (Lipinski definition) is 3. The summed E-state index contributed by atoms with van der Waals surface area (Å²) < 4.78 is 9.47. The minimum absolute atomic E-state index is 0.0296. The quantitative estimate of drug-likeness (QED) is 0.197. The van der Waals surface area contributed by atoms with Gasteiger partial charge in [0.2, 0.25) is 11.8 Å². The Morgan fingerprint density at radius 1 is 0.889 bits per heavy atom. The molecule has 0 aromatic heterocycles. The van der Waals surface area contributed by atoms with Gasteiger partial charge in [0.15, 0.2) is 0 Å². The van der Waals surface area contributed by atoms with Gasteiger partial charge in [0.25, 0.3) is 0 Å². The number of phenols is 1. The topological polar surface area (TPSA) is 131 Å². The van der Waals surface area contributed by atoms with Crippen LogP contribution in [0.1, 0.15) is 63.9 Å². The van der Waals surface area contributed by atoms with Gasteiger partial charge in [-0.2, -0.15) is 0 Å². The Hall–Kier alpha value is -2.75. The summed E-state index contributed by atoms with van der Waals surface area (Å²) in [4.78, 5) is 49.4. The smallest absolute Gasteiger partial charge is 0.328 e. The van der Waals surface area contributed by atoms with Crippen LogP contribution >= 0.6 is 11.8 Å². The Bertz CT molecular complexity index is 817. The number of thioether (sulfide) groups is 1. The molecule has 0 saturated heterocycles. The van der Waals surface area contributed by atoms with Crippen LogP contribution in [0.2, 0.25) is 0 Å². The van der Waals surface area contributed by atoms with E-state index in [1.54, 1.807) is 12.1 Å². The monoisotopic (exact) mass is 524 g/mol. The lowest BCUT2D eigenvalue weighted by Crippen LogP contribution is -2.53. The van der Waals surface area contributed by atoms with Crippen molar-refractivity contribution in [2.24, 2.45) is 0 Å². The van der Waals surface area contributed by atoms with E-state index in [0.717, 1.165) is 37.4 Å². The first kappa shape index (κ1) is 31.3. The third-order valence-corrected chi connectivity index (χ3v) is 6.58. The molecular formula is C26H40N2O7S. The van der Waals surface area contributed by atoms with Crippen molar-refractivity contribution in [2.75, 3.05) is 25.7 Å². The third kappa shape index (κ3) is 13.4. The van der Waals surface area contributed by atoms with Crippen molar-refractivity contribution in [3.63, 3.8) is 0 Å². The Morgan fingerprint density at radius 3 is 2.14 bits per heavy atom. The van der Waals surface area contributed by atoms with Gasteiger partial charge in [-0.15, -0.1) is 11.8 Å². The number of amides is 2. The molecule has 0 heterocycles. The van der Waals surface area contributed by atoms with E-state index in [9.17, 15) is 24.3 Å². The van der Waals surface area contributed by atoms with Crippen LogP contribution in [-0.4, -0.2) is 66.7 Å². The van der Waals surface area contributed by atoms with E-state index in [4.69, 9.17) is 4.74 Å². The highest BCUT2D eigenvalue weighted by Gasteiger charge is 2.28. The van der Waals surface area contributed by atoms with Crippen molar-refractivity contribution in [1.82, 2.24) is 10.6 Å².